The zero-order chi connectivity index (χ0) is 10.6. The van der Waals surface area contributed by atoms with E-state index < -0.39 is 5.97 Å². The number of carboxylic acids is 1. The standard InChI is InChI=1S/C11H15NO2/c1-8(2)9-3-5-10(6-4-9)12-7-11(13)14/h3-6,8,12H,7H2,1-2H3,(H,13,14). The Hall–Kier alpha value is -1.51. The predicted molar refractivity (Wildman–Crippen MR) is 56.7 cm³/mol. The number of anilines is 1. The number of carbonyl (C=O) groups is 1. The van der Waals surface area contributed by atoms with Crippen LogP contribution in [0.3, 0.4) is 0 Å². The van der Waals surface area contributed by atoms with Crippen LogP contribution in [0.4, 0.5) is 5.69 Å². The van der Waals surface area contributed by atoms with Crippen LogP contribution in [0.1, 0.15) is 25.3 Å². The molecule has 0 bridgehead atoms. The van der Waals surface area contributed by atoms with Crippen LogP contribution in [0.15, 0.2) is 24.3 Å². The summed E-state index contributed by atoms with van der Waals surface area (Å²) in [5.74, 6) is -0.346. The summed E-state index contributed by atoms with van der Waals surface area (Å²) in [6.45, 7) is 4.21. The van der Waals surface area contributed by atoms with Crippen molar-refractivity contribution in [3.63, 3.8) is 0 Å². The molecular formula is C11H15NO2. The summed E-state index contributed by atoms with van der Waals surface area (Å²) in [5, 5.41) is 11.3. The molecule has 0 aliphatic heterocycles. The number of hydrogen-bond acceptors (Lipinski definition) is 2. The van der Waals surface area contributed by atoms with Crippen LogP contribution in [0.2, 0.25) is 0 Å². The van der Waals surface area contributed by atoms with Gasteiger partial charge in [0.05, 0.1) is 0 Å². The number of benzene rings is 1. The molecule has 2 N–H and O–H groups in total. The van der Waals surface area contributed by atoms with Gasteiger partial charge in [-0.1, -0.05) is 26.0 Å². The summed E-state index contributed by atoms with van der Waals surface area (Å²) in [4.78, 5) is 10.3. The maximum atomic E-state index is 10.3. The molecule has 0 saturated carbocycles. The van der Waals surface area contributed by atoms with Gasteiger partial charge < -0.3 is 10.4 Å². The van der Waals surface area contributed by atoms with Gasteiger partial charge in [-0.2, -0.15) is 0 Å². The lowest BCUT2D eigenvalue weighted by Crippen LogP contribution is -2.12. The third-order valence-corrected chi connectivity index (χ3v) is 2.02. The fraction of sp³-hybridized carbons (Fsp3) is 0.364. The zero-order valence-corrected chi connectivity index (χ0v) is 8.45. The van der Waals surface area contributed by atoms with Gasteiger partial charge in [-0.3, -0.25) is 4.79 Å². The fourth-order valence-corrected chi connectivity index (χ4v) is 1.16. The van der Waals surface area contributed by atoms with Crippen LogP contribution in [-0.4, -0.2) is 17.6 Å². The maximum absolute atomic E-state index is 10.3. The number of nitrogens with one attached hydrogen (secondary N) is 1. The Morgan fingerprint density at radius 2 is 1.93 bits per heavy atom. The van der Waals surface area contributed by atoms with Crippen LogP contribution in [0.25, 0.3) is 0 Å². The summed E-state index contributed by atoms with van der Waals surface area (Å²) in [6, 6.07) is 7.82. The Bertz CT molecular complexity index is 304. The van der Waals surface area contributed by atoms with Crippen molar-refractivity contribution in [1.29, 1.82) is 0 Å². The average Bonchev–Trinajstić information content (AvgIpc) is 2.15. The fourth-order valence-electron chi connectivity index (χ4n) is 1.16. The lowest BCUT2D eigenvalue weighted by molar-refractivity contribution is -0.134. The molecule has 0 amide bonds. The van der Waals surface area contributed by atoms with E-state index in [1.807, 2.05) is 24.3 Å². The molecule has 0 spiro atoms. The molecule has 0 aliphatic carbocycles. The molecule has 0 unspecified atom stereocenters. The van der Waals surface area contributed by atoms with Crippen LogP contribution >= 0.6 is 0 Å². The second-order valence-electron chi connectivity index (χ2n) is 3.52. The van der Waals surface area contributed by atoms with Gasteiger partial charge in [0.15, 0.2) is 0 Å². The Balaban J connectivity index is 2.59. The molecule has 0 saturated heterocycles. The van der Waals surface area contributed by atoms with Gasteiger partial charge >= 0.3 is 5.97 Å². The van der Waals surface area contributed by atoms with E-state index in [2.05, 4.69) is 19.2 Å². The second kappa shape index (κ2) is 4.65. The van der Waals surface area contributed by atoms with Crippen molar-refractivity contribution in [2.24, 2.45) is 0 Å². The molecule has 0 fully saturated rings. The topological polar surface area (TPSA) is 49.3 Å². The predicted octanol–water partition coefficient (Wildman–Crippen LogP) is 2.31. The molecule has 0 aromatic heterocycles. The maximum Gasteiger partial charge on any atom is 0.322 e. The van der Waals surface area contributed by atoms with Crippen LogP contribution in [0, 0.1) is 0 Å². The van der Waals surface area contributed by atoms with Gasteiger partial charge in [-0.25, -0.2) is 0 Å². The first-order chi connectivity index (χ1) is 6.59. The van der Waals surface area contributed by atoms with E-state index in [1.165, 1.54) is 5.56 Å². The van der Waals surface area contributed by atoms with Gasteiger partial charge in [0.25, 0.3) is 0 Å². The third kappa shape index (κ3) is 3.09. The highest BCUT2D eigenvalue weighted by molar-refractivity contribution is 5.72. The Labute approximate surface area is 83.8 Å². The molecule has 0 atom stereocenters. The average molecular weight is 193 g/mol. The first-order valence-corrected chi connectivity index (χ1v) is 4.65. The van der Waals surface area contributed by atoms with Gasteiger partial charge in [0.2, 0.25) is 0 Å². The van der Waals surface area contributed by atoms with Crippen molar-refractivity contribution in [3.05, 3.63) is 29.8 Å². The molecule has 14 heavy (non-hydrogen) atoms. The molecule has 1 aromatic rings. The smallest absolute Gasteiger partial charge is 0.322 e. The Morgan fingerprint density at radius 3 is 2.36 bits per heavy atom. The molecule has 0 radical (unpaired) electrons. The van der Waals surface area contributed by atoms with E-state index in [0.29, 0.717) is 5.92 Å². The van der Waals surface area contributed by atoms with Gasteiger partial charge in [-0.15, -0.1) is 0 Å². The highest BCUT2D eigenvalue weighted by Crippen LogP contribution is 2.16. The molecule has 3 nitrogen and oxygen atoms in total. The van der Waals surface area contributed by atoms with Gasteiger partial charge in [0.1, 0.15) is 6.54 Å². The number of carboxylic acid groups (broad SMARTS) is 1. The van der Waals surface area contributed by atoms with Crippen molar-refractivity contribution < 1.29 is 9.90 Å². The zero-order valence-electron chi connectivity index (χ0n) is 8.45. The summed E-state index contributed by atoms with van der Waals surface area (Å²) >= 11 is 0. The van der Waals surface area contributed by atoms with Gasteiger partial charge in [-0.05, 0) is 23.6 Å². The minimum absolute atomic E-state index is 0.0406. The van der Waals surface area contributed by atoms with Crippen LogP contribution < -0.4 is 5.32 Å². The summed E-state index contributed by atoms with van der Waals surface area (Å²) in [6.07, 6.45) is 0. The quantitative estimate of drug-likeness (QED) is 0.771. The first kappa shape index (κ1) is 10.6. The summed E-state index contributed by atoms with van der Waals surface area (Å²) < 4.78 is 0. The van der Waals surface area contributed by atoms with Crippen LogP contribution in [0.5, 0.6) is 0 Å². The lowest BCUT2D eigenvalue weighted by atomic mass is 10.0. The van der Waals surface area contributed by atoms with Gasteiger partial charge in [0, 0.05) is 5.69 Å². The van der Waals surface area contributed by atoms with E-state index >= 15 is 0 Å². The third-order valence-electron chi connectivity index (χ3n) is 2.02. The van der Waals surface area contributed by atoms with Crippen molar-refractivity contribution in [2.45, 2.75) is 19.8 Å². The molecule has 76 valence electrons. The normalized spacial score (nSPS) is 10.2. The number of rotatable bonds is 4. The van der Waals surface area contributed by atoms with E-state index in [0.717, 1.165) is 5.69 Å². The molecular weight excluding hydrogens is 178 g/mol. The first-order valence-electron chi connectivity index (χ1n) is 4.65. The minimum Gasteiger partial charge on any atom is -0.480 e. The minimum atomic E-state index is -0.849. The number of aliphatic carboxylic acids is 1. The van der Waals surface area contributed by atoms with Crippen molar-refractivity contribution in [2.75, 3.05) is 11.9 Å². The van der Waals surface area contributed by atoms with Crippen LogP contribution in [-0.2, 0) is 4.79 Å². The second-order valence-corrected chi connectivity index (χ2v) is 3.52. The highest BCUT2D eigenvalue weighted by Gasteiger charge is 1.99. The molecule has 1 rings (SSSR count). The summed E-state index contributed by atoms with van der Waals surface area (Å²) in [7, 11) is 0. The molecule has 1 aromatic carbocycles. The SMILES string of the molecule is CC(C)c1ccc(NCC(=O)O)cc1. The van der Waals surface area contributed by atoms with Crippen molar-refractivity contribution in [3.8, 4) is 0 Å². The molecule has 3 heteroatoms. The summed E-state index contributed by atoms with van der Waals surface area (Å²) in [5.41, 5.74) is 2.10. The Kier molecular flexibility index (Phi) is 3.51. The lowest BCUT2D eigenvalue weighted by Gasteiger charge is -2.07. The highest BCUT2D eigenvalue weighted by atomic mass is 16.4. The largest absolute Gasteiger partial charge is 0.480 e. The van der Waals surface area contributed by atoms with E-state index in [-0.39, 0.29) is 6.54 Å². The molecule has 0 aliphatic rings. The van der Waals surface area contributed by atoms with E-state index in [9.17, 15) is 4.79 Å². The number of hydrogen-bond donors (Lipinski definition) is 2. The van der Waals surface area contributed by atoms with Crippen molar-refractivity contribution >= 4 is 11.7 Å². The Morgan fingerprint density at radius 1 is 1.36 bits per heavy atom. The van der Waals surface area contributed by atoms with Crippen molar-refractivity contribution in [1.82, 2.24) is 0 Å². The van der Waals surface area contributed by atoms with E-state index in [4.69, 9.17) is 5.11 Å². The molecule has 0 heterocycles. The monoisotopic (exact) mass is 193 g/mol. The van der Waals surface area contributed by atoms with E-state index in [1.54, 1.807) is 0 Å².